The molecule has 0 radical (unpaired) electrons. The SMILES string of the molecule is COc1cccc(Cl)c1CNC(=O)c1cc(N)ncc1Cl. The quantitative estimate of drug-likeness (QED) is 0.906. The third kappa shape index (κ3) is 3.56. The van der Waals surface area contributed by atoms with E-state index in [4.69, 9.17) is 33.7 Å². The molecule has 0 fully saturated rings. The lowest BCUT2D eigenvalue weighted by Crippen LogP contribution is -2.24. The number of nitrogens with one attached hydrogen (secondary N) is 1. The number of ether oxygens (including phenoxy) is 1. The van der Waals surface area contributed by atoms with Crippen molar-refractivity contribution in [3.8, 4) is 5.75 Å². The van der Waals surface area contributed by atoms with Gasteiger partial charge in [-0.05, 0) is 18.2 Å². The Labute approximate surface area is 132 Å². The van der Waals surface area contributed by atoms with Crippen molar-refractivity contribution in [2.75, 3.05) is 12.8 Å². The molecule has 0 atom stereocenters. The molecule has 0 saturated heterocycles. The van der Waals surface area contributed by atoms with Crippen LogP contribution in [0, 0.1) is 0 Å². The molecule has 1 aromatic heterocycles. The summed E-state index contributed by atoms with van der Waals surface area (Å²) in [6.07, 6.45) is 1.34. The first-order valence-electron chi connectivity index (χ1n) is 6.03. The van der Waals surface area contributed by atoms with Gasteiger partial charge >= 0.3 is 0 Å². The number of benzene rings is 1. The molecule has 1 aromatic carbocycles. The number of aromatic nitrogens is 1. The molecule has 0 spiro atoms. The molecule has 7 heteroatoms. The van der Waals surface area contributed by atoms with Crippen molar-refractivity contribution in [1.29, 1.82) is 0 Å². The standard InChI is InChI=1S/C14H13Cl2N3O2/c1-21-12-4-2-3-10(15)9(12)6-19-14(20)8-5-13(17)18-7-11(8)16/h2-5,7H,6H2,1H3,(H2,17,18)(H,19,20). The average molecular weight is 326 g/mol. The van der Waals surface area contributed by atoms with E-state index in [9.17, 15) is 4.79 Å². The second-order valence-corrected chi connectivity index (χ2v) is 5.01. The number of hydrogen-bond acceptors (Lipinski definition) is 4. The van der Waals surface area contributed by atoms with Crippen molar-refractivity contribution >= 4 is 34.9 Å². The van der Waals surface area contributed by atoms with Gasteiger partial charge in [0.2, 0.25) is 0 Å². The summed E-state index contributed by atoms with van der Waals surface area (Å²) in [6, 6.07) is 6.68. The number of nitrogens with two attached hydrogens (primary N) is 1. The van der Waals surface area contributed by atoms with E-state index >= 15 is 0 Å². The highest BCUT2D eigenvalue weighted by Crippen LogP contribution is 2.26. The van der Waals surface area contributed by atoms with Crippen molar-refractivity contribution in [2.45, 2.75) is 6.54 Å². The predicted molar refractivity (Wildman–Crippen MR) is 82.8 cm³/mol. The third-order valence-corrected chi connectivity index (χ3v) is 3.50. The second-order valence-electron chi connectivity index (χ2n) is 4.19. The Balaban J connectivity index is 2.17. The summed E-state index contributed by atoms with van der Waals surface area (Å²) in [4.78, 5) is 15.9. The Kier molecular flexibility index (Phi) is 4.88. The molecule has 0 saturated carbocycles. The molecule has 0 aliphatic carbocycles. The lowest BCUT2D eigenvalue weighted by Gasteiger charge is -2.12. The van der Waals surface area contributed by atoms with E-state index in [-0.39, 0.29) is 28.9 Å². The Morgan fingerprint density at radius 1 is 1.38 bits per heavy atom. The minimum Gasteiger partial charge on any atom is -0.496 e. The van der Waals surface area contributed by atoms with Crippen LogP contribution in [0.1, 0.15) is 15.9 Å². The van der Waals surface area contributed by atoms with Gasteiger partial charge in [0, 0.05) is 23.3 Å². The van der Waals surface area contributed by atoms with Gasteiger partial charge in [0.05, 0.1) is 17.7 Å². The third-order valence-electron chi connectivity index (χ3n) is 2.84. The topological polar surface area (TPSA) is 77.2 Å². The maximum atomic E-state index is 12.1. The van der Waals surface area contributed by atoms with Crippen molar-refractivity contribution in [2.24, 2.45) is 0 Å². The average Bonchev–Trinajstić information content (AvgIpc) is 2.47. The fourth-order valence-electron chi connectivity index (χ4n) is 1.79. The Morgan fingerprint density at radius 3 is 2.86 bits per heavy atom. The summed E-state index contributed by atoms with van der Waals surface area (Å²) in [5.74, 6) is 0.457. The largest absolute Gasteiger partial charge is 0.496 e. The molecule has 2 aromatic rings. The molecular formula is C14H13Cl2N3O2. The monoisotopic (exact) mass is 325 g/mol. The van der Waals surface area contributed by atoms with Gasteiger partial charge in [-0.1, -0.05) is 29.3 Å². The van der Waals surface area contributed by atoms with Crippen LogP contribution in [0.2, 0.25) is 10.0 Å². The fraction of sp³-hybridized carbons (Fsp3) is 0.143. The Morgan fingerprint density at radius 2 is 2.14 bits per heavy atom. The zero-order valence-corrected chi connectivity index (χ0v) is 12.7. The smallest absolute Gasteiger partial charge is 0.253 e. The Bertz CT molecular complexity index is 677. The number of hydrogen-bond donors (Lipinski definition) is 2. The van der Waals surface area contributed by atoms with Crippen molar-refractivity contribution in [3.05, 3.63) is 51.6 Å². The number of methoxy groups -OCH3 is 1. The summed E-state index contributed by atoms with van der Waals surface area (Å²) in [5, 5.41) is 3.47. The van der Waals surface area contributed by atoms with E-state index in [2.05, 4.69) is 10.3 Å². The molecule has 0 unspecified atom stereocenters. The lowest BCUT2D eigenvalue weighted by molar-refractivity contribution is 0.0951. The van der Waals surface area contributed by atoms with Crippen LogP contribution in [0.15, 0.2) is 30.5 Å². The lowest BCUT2D eigenvalue weighted by atomic mass is 10.2. The van der Waals surface area contributed by atoms with E-state index in [0.29, 0.717) is 16.3 Å². The number of pyridine rings is 1. The van der Waals surface area contributed by atoms with Crippen molar-refractivity contribution < 1.29 is 9.53 Å². The van der Waals surface area contributed by atoms with E-state index in [0.717, 1.165) is 0 Å². The minimum atomic E-state index is -0.365. The van der Waals surface area contributed by atoms with Crippen LogP contribution in [-0.4, -0.2) is 18.0 Å². The molecule has 0 bridgehead atoms. The van der Waals surface area contributed by atoms with E-state index < -0.39 is 0 Å². The molecule has 0 aliphatic heterocycles. The van der Waals surface area contributed by atoms with Crippen LogP contribution in [-0.2, 0) is 6.54 Å². The fourth-order valence-corrected chi connectivity index (χ4v) is 2.22. The van der Waals surface area contributed by atoms with Crippen LogP contribution in [0.4, 0.5) is 5.82 Å². The normalized spacial score (nSPS) is 10.2. The van der Waals surface area contributed by atoms with Crippen LogP contribution in [0.3, 0.4) is 0 Å². The number of rotatable bonds is 4. The zero-order chi connectivity index (χ0) is 15.4. The number of carbonyl (C=O) groups excluding carboxylic acids is 1. The summed E-state index contributed by atoms with van der Waals surface area (Å²) in [7, 11) is 1.54. The van der Waals surface area contributed by atoms with E-state index in [1.165, 1.54) is 19.4 Å². The number of nitrogens with zero attached hydrogens (tertiary/aromatic N) is 1. The molecule has 21 heavy (non-hydrogen) atoms. The number of nitrogen functional groups attached to an aromatic ring is 1. The van der Waals surface area contributed by atoms with Crippen LogP contribution < -0.4 is 15.8 Å². The second kappa shape index (κ2) is 6.65. The minimum absolute atomic E-state index is 0.209. The van der Waals surface area contributed by atoms with Gasteiger partial charge < -0.3 is 15.8 Å². The van der Waals surface area contributed by atoms with Gasteiger partial charge in [-0.3, -0.25) is 4.79 Å². The molecule has 110 valence electrons. The van der Waals surface area contributed by atoms with Gasteiger partial charge in [-0.15, -0.1) is 0 Å². The van der Waals surface area contributed by atoms with Gasteiger partial charge in [0.1, 0.15) is 11.6 Å². The van der Waals surface area contributed by atoms with Gasteiger partial charge in [0.15, 0.2) is 0 Å². The van der Waals surface area contributed by atoms with Gasteiger partial charge in [-0.25, -0.2) is 4.98 Å². The van der Waals surface area contributed by atoms with Crippen molar-refractivity contribution in [3.63, 3.8) is 0 Å². The molecule has 1 amide bonds. The van der Waals surface area contributed by atoms with Gasteiger partial charge in [-0.2, -0.15) is 0 Å². The first-order chi connectivity index (χ1) is 10.0. The first-order valence-corrected chi connectivity index (χ1v) is 6.79. The van der Waals surface area contributed by atoms with Crippen molar-refractivity contribution in [1.82, 2.24) is 10.3 Å². The summed E-state index contributed by atoms with van der Waals surface area (Å²) in [5.41, 5.74) is 6.50. The number of anilines is 1. The number of amides is 1. The molecule has 1 heterocycles. The molecule has 2 rings (SSSR count). The van der Waals surface area contributed by atoms with Crippen LogP contribution in [0.25, 0.3) is 0 Å². The highest BCUT2D eigenvalue weighted by atomic mass is 35.5. The maximum Gasteiger partial charge on any atom is 0.253 e. The molecule has 5 nitrogen and oxygen atoms in total. The zero-order valence-electron chi connectivity index (χ0n) is 11.2. The number of carbonyl (C=O) groups is 1. The van der Waals surface area contributed by atoms with E-state index in [1.807, 2.05) is 0 Å². The van der Waals surface area contributed by atoms with Crippen LogP contribution in [0.5, 0.6) is 5.75 Å². The van der Waals surface area contributed by atoms with E-state index in [1.54, 1.807) is 18.2 Å². The summed E-state index contributed by atoms with van der Waals surface area (Å²) in [6.45, 7) is 0.209. The predicted octanol–water partition coefficient (Wildman–Crippen LogP) is 2.91. The highest BCUT2D eigenvalue weighted by molar-refractivity contribution is 6.33. The number of halogens is 2. The van der Waals surface area contributed by atoms with Gasteiger partial charge in [0.25, 0.3) is 5.91 Å². The molecular weight excluding hydrogens is 313 g/mol. The highest BCUT2D eigenvalue weighted by Gasteiger charge is 2.13. The summed E-state index contributed by atoms with van der Waals surface area (Å²) < 4.78 is 5.22. The van der Waals surface area contributed by atoms with Crippen LogP contribution >= 0.6 is 23.2 Å². The first kappa shape index (κ1) is 15.4. The summed E-state index contributed by atoms with van der Waals surface area (Å²) >= 11 is 12.0. The molecule has 3 N–H and O–H groups in total. The Hall–Kier alpha value is -1.98. The maximum absolute atomic E-state index is 12.1. The molecule has 0 aliphatic rings.